The minimum Gasteiger partial charge on any atom is -0.332 e. The van der Waals surface area contributed by atoms with Gasteiger partial charge in [-0.05, 0) is 42.7 Å². The lowest BCUT2D eigenvalue weighted by atomic mass is 10.0. The van der Waals surface area contributed by atoms with Crippen LogP contribution in [-0.2, 0) is 11.2 Å². The fourth-order valence-corrected chi connectivity index (χ4v) is 3.91. The van der Waals surface area contributed by atoms with Gasteiger partial charge in [-0.3, -0.25) is 9.59 Å². The van der Waals surface area contributed by atoms with Gasteiger partial charge in [-0.1, -0.05) is 67.6 Å². The van der Waals surface area contributed by atoms with Crippen LogP contribution in [0.3, 0.4) is 0 Å². The van der Waals surface area contributed by atoms with Crippen LogP contribution in [0.15, 0.2) is 85.1 Å². The molecule has 0 radical (unpaired) electrons. The molecule has 0 aliphatic rings. The normalized spacial score (nSPS) is 10.7. The Kier molecular flexibility index (Phi) is 6.87. The third kappa shape index (κ3) is 4.91. The van der Waals surface area contributed by atoms with Crippen LogP contribution in [0.5, 0.6) is 0 Å². The lowest BCUT2D eigenvalue weighted by Crippen LogP contribution is -2.35. The Morgan fingerprint density at radius 2 is 1.62 bits per heavy atom. The summed E-state index contributed by atoms with van der Waals surface area (Å²) >= 11 is 0. The predicted molar refractivity (Wildman–Crippen MR) is 135 cm³/mol. The molecule has 0 spiro atoms. The zero-order valence-electron chi connectivity index (χ0n) is 19.7. The van der Waals surface area contributed by atoms with Gasteiger partial charge in [0.2, 0.25) is 5.91 Å². The highest BCUT2D eigenvalue weighted by Gasteiger charge is 2.24. The topological polar surface area (TPSA) is 67.2 Å². The van der Waals surface area contributed by atoms with Crippen LogP contribution < -0.4 is 5.32 Å². The highest BCUT2D eigenvalue weighted by atomic mass is 16.2. The standard InChI is InChI=1S/C28H28N4O2/c1-4-21-13-9-11-17-25(21)29-26(33)19-31(3)28(34)24-18-32(22-14-6-5-7-15-22)30-27(24)23-16-10-8-12-20(23)2/h5-18H,4,19H2,1-3H3,(H,29,33). The average Bonchev–Trinajstić information content (AvgIpc) is 3.30. The number of hydrogen-bond donors (Lipinski definition) is 1. The smallest absolute Gasteiger partial charge is 0.257 e. The van der Waals surface area contributed by atoms with Crippen LogP contribution in [0.4, 0.5) is 5.69 Å². The SMILES string of the molecule is CCc1ccccc1NC(=O)CN(C)C(=O)c1cn(-c2ccccc2)nc1-c1ccccc1C. The number of carbonyl (C=O) groups is 2. The average molecular weight is 453 g/mol. The van der Waals surface area contributed by atoms with Crippen molar-refractivity contribution in [2.24, 2.45) is 0 Å². The first-order valence-electron chi connectivity index (χ1n) is 11.3. The molecule has 0 aliphatic carbocycles. The maximum atomic E-state index is 13.5. The summed E-state index contributed by atoms with van der Waals surface area (Å²) in [6.07, 6.45) is 2.55. The molecule has 172 valence electrons. The largest absolute Gasteiger partial charge is 0.332 e. The Morgan fingerprint density at radius 3 is 2.35 bits per heavy atom. The second kappa shape index (κ2) is 10.2. The van der Waals surface area contributed by atoms with Crippen LogP contribution in [-0.4, -0.2) is 40.1 Å². The Bertz CT molecular complexity index is 1310. The van der Waals surface area contributed by atoms with Crippen LogP contribution >= 0.6 is 0 Å². The molecule has 0 saturated heterocycles. The van der Waals surface area contributed by atoms with Gasteiger partial charge in [-0.25, -0.2) is 4.68 Å². The molecule has 0 fully saturated rings. The summed E-state index contributed by atoms with van der Waals surface area (Å²) in [5.74, 6) is -0.510. The molecule has 1 heterocycles. The van der Waals surface area contributed by atoms with E-state index < -0.39 is 0 Å². The van der Waals surface area contributed by atoms with Gasteiger partial charge >= 0.3 is 0 Å². The van der Waals surface area contributed by atoms with E-state index in [2.05, 4.69) is 5.32 Å². The summed E-state index contributed by atoms with van der Waals surface area (Å²) in [6, 6.07) is 25.2. The van der Waals surface area contributed by atoms with Crippen molar-refractivity contribution < 1.29 is 9.59 Å². The second-order valence-electron chi connectivity index (χ2n) is 8.21. The van der Waals surface area contributed by atoms with E-state index in [1.165, 1.54) is 4.90 Å². The van der Waals surface area contributed by atoms with E-state index in [1.54, 1.807) is 17.9 Å². The lowest BCUT2D eigenvalue weighted by Gasteiger charge is -2.18. The molecule has 6 heteroatoms. The minimum absolute atomic E-state index is 0.0688. The Labute approximate surface area is 199 Å². The maximum absolute atomic E-state index is 13.5. The van der Waals surface area contributed by atoms with Crippen molar-refractivity contribution in [2.45, 2.75) is 20.3 Å². The Hall–Kier alpha value is -4.19. The molecule has 1 N–H and O–H groups in total. The first kappa shape index (κ1) is 23.0. The number of aromatic nitrogens is 2. The van der Waals surface area contributed by atoms with E-state index >= 15 is 0 Å². The van der Waals surface area contributed by atoms with Gasteiger partial charge in [-0.15, -0.1) is 0 Å². The molecule has 6 nitrogen and oxygen atoms in total. The second-order valence-corrected chi connectivity index (χ2v) is 8.21. The van der Waals surface area contributed by atoms with Crippen molar-refractivity contribution in [3.63, 3.8) is 0 Å². The Morgan fingerprint density at radius 1 is 0.941 bits per heavy atom. The number of nitrogens with zero attached hydrogens (tertiary/aromatic N) is 3. The third-order valence-electron chi connectivity index (χ3n) is 5.77. The molecule has 2 amide bonds. The molecular formula is C28H28N4O2. The van der Waals surface area contributed by atoms with Crippen LogP contribution in [0, 0.1) is 6.92 Å². The van der Waals surface area contributed by atoms with E-state index in [0.717, 1.165) is 34.5 Å². The van der Waals surface area contributed by atoms with E-state index in [4.69, 9.17) is 5.10 Å². The number of para-hydroxylation sites is 2. The highest BCUT2D eigenvalue weighted by Crippen LogP contribution is 2.27. The minimum atomic E-state index is -0.264. The summed E-state index contributed by atoms with van der Waals surface area (Å²) in [5, 5.41) is 7.68. The maximum Gasteiger partial charge on any atom is 0.257 e. The van der Waals surface area contributed by atoms with Gasteiger partial charge in [0.25, 0.3) is 5.91 Å². The van der Waals surface area contributed by atoms with Gasteiger partial charge in [0, 0.05) is 24.5 Å². The molecule has 0 unspecified atom stereocenters. The zero-order chi connectivity index (χ0) is 24.1. The van der Waals surface area contributed by atoms with Gasteiger partial charge in [0.15, 0.2) is 0 Å². The fourth-order valence-electron chi connectivity index (χ4n) is 3.91. The third-order valence-corrected chi connectivity index (χ3v) is 5.77. The number of nitrogens with one attached hydrogen (secondary N) is 1. The molecule has 4 aromatic rings. The number of likely N-dealkylation sites (N-methyl/N-ethyl adjacent to an activating group) is 1. The van der Waals surface area contributed by atoms with Gasteiger partial charge < -0.3 is 10.2 Å². The first-order chi connectivity index (χ1) is 16.5. The van der Waals surface area contributed by atoms with E-state index in [-0.39, 0.29) is 18.4 Å². The zero-order valence-corrected chi connectivity index (χ0v) is 19.7. The summed E-state index contributed by atoms with van der Waals surface area (Å²) in [4.78, 5) is 27.7. The molecular weight excluding hydrogens is 424 g/mol. The van der Waals surface area contributed by atoms with Crippen LogP contribution in [0.1, 0.15) is 28.4 Å². The monoisotopic (exact) mass is 452 g/mol. The number of carbonyl (C=O) groups excluding carboxylic acids is 2. The lowest BCUT2D eigenvalue weighted by molar-refractivity contribution is -0.116. The van der Waals surface area contributed by atoms with Crippen molar-refractivity contribution in [1.82, 2.24) is 14.7 Å². The van der Waals surface area contributed by atoms with Gasteiger partial charge in [-0.2, -0.15) is 5.10 Å². The van der Waals surface area contributed by atoms with Crippen molar-refractivity contribution in [3.8, 4) is 16.9 Å². The van der Waals surface area contributed by atoms with Gasteiger partial charge in [0.05, 0.1) is 17.8 Å². The fraction of sp³-hybridized carbons (Fsp3) is 0.179. The molecule has 34 heavy (non-hydrogen) atoms. The first-order valence-corrected chi connectivity index (χ1v) is 11.3. The molecule has 0 aliphatic heterocycles. The van der Waals surface area contributed by atoms with Crippen molar-refractivity contribution in [3.05, 3.63) is 102 Å². The molecule has 4 rings (SSSR count). The van der Waals surface area contributed by atoms with Crippen molar-refractivity contribution >= 4 is 17.5 Å². The van der Waals surface area contributed by atoms with Crippen LogP contribution in [0.25, 0.3) is 16.9 Å². The molecule has 0 saturated carbocycles. The molecule has 1 aromatic heterocycles. The van der Waals surface area contributed by atoms with E-state index in [1.807, 2.05) is 92.7 Å². The molecule has 0 atom stereocenters. The summed E-state index contributed by atoms with van der Waals surface area (Å²) < 4.78 is 1.71. The van der Waals surface area contributed by atoms with Gasteiger partial charge in [0.1, 0.15) is 5.69 Å². The quantitative estimate of drug-likeness (QED) is 0.423. The summed E-state index contributed by atoms with van der Waals surface area (Å²) in [6.45, 7) is 3.96. The van der Waals surface area contributed by atoms with Crippen LogP contribution in [0.2, 0.25) is 0 Å². The van der Waals surface area contributed by atoms with E-state index in [9.17, 15) is 9.59 Å². The number of benzene rings is 3. The van der Waals surface area contributed by atoms with Crippen molar-refractivity contribution in [2.75, 3.05) is 18.9 Å². The number of amides is 2. The van der Waals surface area contributed by atoms with Crippen molar-refractivity contribution in [1.29, 1.82) is 0 Å². The molecule has 0 bridgehead atoms. The number of anilines is 1. The number of rotatable bonds is 7. The Balaban J connectivity index is 1.62. The summed E-state index contributed by atoms with van der Waals surface area (Å²) in [7, 11) is 1.63. The predicted octanol–water partition coefficient (Wildman–Crippen LogP) is 5.12. The highest BCUT2D eigenvalue weighted by molar-refractivity contribution is 6.03. The molecule has 3 aromatic carbocycles. The number of aryl methyl sites for hydroxylation is 2. The van der Waals surface area contributed by atoms with E-state index in [0.29, 0.717) is 11.3 Å². The number of hydrogen-bond acceptors (Lipinski definition) is 3. The summed E-state index contributed by atoms with van der Waals surface area (Å²) in [5.41, 5.74) is 5.62.